The first kappa shape index (κ1) is 19.0. The van der Waals surface area contributed by atoms with E-state index in [9.17, 15) is 4.79 Å². The highest BCUT2D eigenvalue weighted by atomic mass is 32.2. The highest BCUT2D eigenvalue weighted by molar-refractivity contribution is 8.03. The molecule has 2 heteroatoms. The minimum absolute atomic E-state index is 0.916. The van der Waals surface area contributed by atoms with Crippen LogP contribution in [-0.2, 0) is 4.79 Å². The molecule has 0 amide bonds. The molecule has 0 aliphatic rings. The number of allylic oxidation sites excluding steroid dienone is 2. The normalized spacial score (nSPS) is 11.6. The second-order valence-electron chi connectivity index (χ2n) is 5.76. The lowest BCUT2D eigenvalue weighted by atomic mass is 10.1. The molecule has 0 saturated heterocycles. The zero-order valence-corrected chi connectivity index (χ0v) is 14.7. The molecule has 0 aliphatic carbocycles. The lowest BCUT2D eigenvalue weighted by Crippen LogP contribution is -1.84. The molecule has 1 aromatic rings. The highest BCUT2D eigenvalue weighted by Crippen LogP contribution is 2.29. The fourth-order valence-electron chi connectivity index (χ4n) is 2.49. The molecule has 0 bridgehead atoms. The van der Waals surface area contributed by atoms with Gasteiger partial charge < -0.3 is 0 Å². The standard InChI is InChI=1S/C20H30OS/c1-2-3-4-5-6-7-8-9-11-16-20(17-18-21)22-19-14-12-10-13-15-19/h10,12-15,17-18H,2-9,11,16H2,1H3/b20-17-. The number of hydrogen-bond donors (Lipinski definition) is 0. The van der Waals surface area contributed by atoms with Crippen molar-refractivity contribution in [1.82, 2.24) is 0 Å². The molecule has 0 aliphatic heterocycles. The van der Waals surface area contributed by atoms with Crippen molar-refractivity contribution in [2.75, 3.05) is 0 Å². The van der Waals surface area contributed by atoms with Crippen LogP contribution in [0.1, 0.15) is 71.1 Å². The van der Waals surface area contributed by atoms with Gasteiger partial charge in [-0.1, -0.05) is 88.3 Å². The highest BCUT2D eigenvalue weighted by Gasteiger charge is 2.01. The quantitative estimate of drug-likeness (QED) is 0.172. The molecule has 1 rings (SSSR count). The Kier molecular flexibility index (Phi) is 11.8. The minimum atomic E-state index is 0.916. The summed E-state index contributed by atoms with van der Waals surface area (Å²) in [6, 6.07) is 10.3. The fraction of sp³-hybridized carbons (Fsp3) is 0.550. The first-order valence-electron chi connectivity index (χ1n) is 8.74. The van der Waals surface area contributed by atoms with Crippen molar-refractivity contribution in [2.24, 2.45) is 0 Å². The van der Waals surface area contributed by atoms with Crippen molar-refractivity contribution in [3.63, 3.8) is 0 Å². The van der Waals surface area contributed by atoms with Crippen LogP contribution in [-0.4, -0.2) is 6.29 Å². The van der Waals surface area contributed by atoms with Gasteiger partial charge in [-0.25, -0.2) is 0 Å². The van der Waals surface area contributed by atoms with E-state index in [4.69, 9.17) is 0 Å². The van der Waals surface area contributed by atoms with E-state index in [1.54, 1.807) is 17.8 Å². The Labute approximate surface area is 140 Å². The maximum atomic E-state index is 10.8. The van der Waals surface area contributed by atoms with Crippen LogP contribution in [0, 0.1) is 0 Å². The van der Waals surface area contributed by atoms with Crippen LogP contribution in [0.5, 0.6) is 0 Å². The summed E-state index contributed by atoms with van der Waals surface area (Å²) in [6.07, 6.45) is 15.7. The molecule has 0 aromatic heterocycles. The number of benzene rings is 1. The van der Waals surface area contributed by atoms with E-state index in [0.29, 0.717) is 0 Å². The molecule has 22 heavy (non-hydrogen) atoms. The zero-order chi connectivity index (χ0) is 15.9. The van der Waals surface area contributed by atoms with Gasteiger partial charge in [-0.15, -0.1) is 0 Å². The topological polar surface area (TPSA) is 17.1 Å². The van der Waals surface area contributed by atoms with Gasteiger partial charge in [0, 0.05) is 4.90 Å². The SMILES string of the molecule is CCCCCCCCCCC/C(=C/C=O)Sc1ccccc1. The molecule has 0 fully saturated rings. The summed E-state index contributed by atoms with van der Waals surface area (Å²) in [4.78, 5) is 13.2. The summed E-state index contributed by atoms with van der Waals surface area (Å²) >= 11 is 1.72. The van der Waals surface area contributed by atoms with E-state index >= 15 is 0 Å². The average Bonchev–Trinajstić information content (AvgIpc) is 2.54. The smallest absolute Gasteiger partial charge is 0.143 e. The molecule has 0 heterocycles. The number of carbonyl (C=O) groups is 1. The third-order valence-electron chi connectivity index (χ3n) is 3.77. The van der Waals surface area contributed by atoms with Crippen molar-refractivity contribution in [3.05, 3.63) is 41.3 Å². The molecule has 0 atom stereocenters. The largest absolute Gasteiger partial charge is 0.299 e. The van der Waals surface area contributed by atoms with Gasteiger partial charge in [0.25, 0.3) is 0 Å². The Bertz CT molecular complexity index is 411. The van der Waals surface area contributed by atoms with Crippen LogP contribution < -0.4 is 0 Å². The number of rotatable bonds is 13. The maximum absolute atomic E-state index is 10.8. The molecule has 0 radical (unpaired) electrons. The molecular formula is C20H30OS. The van der Waals surface area contributed by atoms with Gasteiger partial charge in [-0.2, -0.15) is 0 Å². The Morgan fingerprint density at radius 3 is 2.09 bits per heavy atom. The van der Waals surface area contributed by atoms with E-state index < -0.39 is 0 Å². The third-order valence-corrected chi connectivity index (χ3v) is 4.88. The van der Waals surface area contributed by atoms with Crippen LogP contribution in [0.3, 0.4) is 0 Å². The Morgan fingerprint density at radius 1 is 0.909 bits per heavy atom. The molecule has 1 aromatic carbocycles. The van der Waals surface area contributed by atoms with E-state index in [1.807, 2.05) is 18.2 Å². The van der Waals surface area contributed by atoms with Gasteiger partial charge in [0.05, 0.1) is 0 Å². The summed E-state index contributed by atoms with van der Waals surface area (Å²) in [5.41, 5.74) is 0. The van der Waals surface area contributed by atoms with Crippen molar-refractivity contribution in [3.8, 4) is 0 Å². The second kappa shape index (κ2) is 13.6. The number of aldehydes is 1. The molecule has 0 unspecified atom stereocenters. The number of unbranched alkanes of at least 4 members (excludes halogenated alkanes) is 8. The van der Waals surface area contributed by atoms with Crippen LogP contribution in [0.15, 0.2) is 46.2 Å². The molecule has 0 N–H and O–H groups in total. The summed E-state index contributed by atoms with van der Waals surface area (Å²) in [6.45, 7) is 2.26. The van der Waals surface area contributed by atoms with Crippen molar-refractivity contribution in [2.45, 2.75) is 76.0 Å². The zero-order valence-electron chi connectivity index (χ0n) is 13.9. The first-order chi connectivity index (χ1) is 10.9. The summed E-state index contributed by atoms with van der Waals surface area (Å²) in [5, 5.41) is 0. The molecule has 0 spiro atoms. The van der Waals surface area contributed by atoms with E-state index in [-0.39, 0.29) is 0 Å². The van der Waals surface area contributed by atoms with Crippen LogP contribution in [0.4, 0.5) is 0 Å². The molecular weight excluding hydrogens is 288 g/mol. The minimum Gasteiger partial charge on any atom is -0.299 e. The average molecular weight is 319 g/mol. The summed E-state index contributed by atoms with van der Waals surface area (Å²) in [7, 11) is 0. The summed E-state index contributed by atoms with van der Waals surface area (Å²) < 4.78 is 0. The number of carbonyl (C=O) groups excluding carboxylic acids is 1. The maximum Gasteiger partial charge on any atom is 0.143 e. The van der Waals surface area contributed by atoms with Crippen LogP contribution in [0.2, 0.25) is 0 Å². The first-order valence-corrected chi connectivity index (χ1v) is 9.55. The van der Waals surface area contributed by atoms with Gasteiger partial charge in [0.2, 0.25) is 0 Å². The second-order valence-corrected chi connectivity index (χ2v) is 6.96. The van der Waals surface area contributed by atoms with Gasteiger partial charge >= 0.3 is 0 Å². The molecule has 1 nitrogen and oxygen atoms in total. The molecule has 122 valence electrons. The monoisotopic (exact) mass is 318 g/mol. The van der Waals surface area contributed by atoms with E-state index in [2.05, 4.69) is 19.1 Å². The number of hydrogen-bond acceptors (Lipinski definition) is 2. The summed E-state index contributed by atoms with van der Waals surface area (Å²) in [5.74, 6) is 0. The number of thioether (sulfide) groups is 1. The Hall–Kier alpha value is -1.02. The molecule has 0 saturated carbocycles. The van der Waals surface area contributed by atoms with Crippen LogP contribution >= 0.6 is 11.8 Å². The van der Waals surface area contributed by atoms with Crippen molar-refractivity contribution in [1.29, 1.82) is 0 Å². The lowest BCUT2D eigenvalue weighted by molar-refractivity contribution is -0.104. The van der Waals surface area contributed by atoms with E-state index in [1.165, 1.54) is 67.6 Å². The fourth-order valence-corrected chi connectivity index (χ4v) is 3.46. The predicted molar refractivity (Wildman–Crippen MR) is 98.3 cm³/mol. The lowest BCUT2D eigenvalue weighted by Gasteiger charge is -2.06. The van der Waals surface area contributed by atoms with Gasteiger partial charge in [-0.05, 0) is 36.0 Å². The Balaban J connectivity index is 2.12. The van der Waals surface area contributed by atoms with Crippen LogP contribution in [0.25, 0.3) is 0 Å². The van der Waals surface area contributed by atoms with Crippen molar-refractivity contribution >= 4 is 18.0 Å². The van der Waals surface area contributed by atoms with Gasteiger partial charge in [0.15, 0.2) is 0 Å². The predicted octanol–water partition coefficient (Wildman–Crippen LogP) is 6.78. The Morgan fingerprint density at radius 2 is 1.50 bits per heavy atom. The van der Waals surface area contributed by atoms with Gasteiger partial charge in [0.1, 0.15) is 6.29 Å². The van der Waals surface area contributed by atoms with Crippen molar-refractivity contribution < 1.29 is 4.79 Å². The van der Waals surface area contributed by atoms with Gasteiger partial charge in [-0.3, -0.25) is 4.79 Å². The third kappa shape index (κ3) is 9.83. The van der Waals surface area contributed by atoms with E-state index in [0.717, 1.165) is 12.7 Å².